The summed E-state index contributed by atoms with van der Waals surface area (Å²) in [5.41, 5.74) is 0.970. The van der Waals surface area contributed by atoms with Crippen LogP contribution in [0, 0.1) is 0 Å². The third-order valence-electron chi connectivity index (χ3n) is 5.29. The number of aliphatic hydroxyl groups excluding tert-OH is 8. The first kappa shape index (κ1) is 23.1. The molecule has 1 aromatic rings. The van der Waals surface area contributed by atoms with Gasteiger partial charge in [0.25, 0.3) is 0 Å². The largest absolute Gasteiger partial charge is 0.394 e. The fourth-order valence-corrected chi connectivity index (χ4v) is 3.43. The molecular formula is C18H28N2O10. The third kappa shape index (κ3) is 4.68. The van der Waals surface area contributed by atoms with Gasteiger partial charge < -0.3 is 61.0 Å². The van der Waals surface area contributed by atoms with Crippen molar-refractivity contribution in [2.75, 3.05) is 23.8 Å². The molecule has 10 atom stereocenters. The maximum absolute atomic E-state index is 10.1. The average Bonchev–Trinajstić information content (AvgIpc) is 2.75. The Morgan fingerprint density at radius 1 is 0.567 bits per heavy atom. The van der Waals surface area contributed by atoms with Crippen LogP contribution in [0.4, 0.5) is 11.4 Å². The van der Waals surface area contributed by atoms with E-state index in [1.165, 1.54) is 0 Å². The van der Waals surface area contributed by atoms with E-state index in [4.69, 9.17) is 9.47 Å². The van der Waals surface area contributed by atoms with Gasteiger partial charge in [-0.05, 0) is 24.3 Å². The Labute approximate surface area is 171 Å². The van der Waals surface area contributed by atoms with E-state index in [-0.39, 0.29) is 0 Å². The number of hydrogen-bond acceptors (Lipinski definition) is 12. The van der Waals surface area contributed by atoms with Crippen molar-refractivity contribution in [3.63, 3.8) is 0 Å². The molecule has 30 heavy (non-hydrogen) atoms. The van der Waals surface area contributed by atoms with Gasteiger partial charge >= 0.3 is 0 Å². The molecule has 2 fully saturated rings. The number of ether oxygens (including phenoxy) is 2. The molecule has 2 saturated heterocycles. The van der Waals surface area contributed by atoms with Gasteiger partial charge in [0.15, 0.2) is 12.5 Å². The van der Waals surface area contributed by atoms with Gasteiger partial charge in [0.05, 0.1) is 13.2 Å². The minimum absolute atomic E-state index is 0.485. The smallest absolute Gasteiger partial charge is 0.157 e. The second kappa shape index (κ2) is 9.70. The van der Waals surface area contributed by atoms with Crippen molar-refractivity contribution >= 4 is 11.4 Å². The van der Waals surface area contributed by atoms with Crippen LogP contribution in [0.5, 0.6) is 0 Å². The minimum atomic E-state index is -1.50. The van der Waals surface area contributed by atoms with Gasteiger partial charge in [0.1, 0.15) is 48.8 Å². The zero-order valence-electron chi connectivity index (χ0n) is 15.9. The van der Waals surface area contributed by atoms with Gasteiger partial charge in [-0.3, -0.25) is 0 Å². The van der Waals surface area contributed by atoms with E-state index in [0.717, 1.165) is 0 Å². The predicted octanol–water partition coefficient (Wildman–Crippen LogP) is -3.89. The zero-order valence-corrected chi connectivity index (χ0v) is 15.9. The Morgan fingerprint density at radius 2 is 0.900 bits per heavy atom. The zero-order chi connectivity index (χ0) is 22.0. The van der Waals surface area contributed by atoms with Crippen LogP contribution < -0.4 is 10.6 Å². The van der Waals surface area contributed by atoms with Crippen LogP contribution >= 0.6 is 0 Å². The van der Waals surface area contributed by atoms with Crippen molar-refractivity contribution in [2.45, 2.75) is 61.3 Å². The van der Waals surface area contributed by atoms with Gasteiger partial charge in [-0.15, -0.1) is 0 Å². The molecule has 10 N–H and O–H groups in total. The first-order valence-corrected chi connectivity index (χ1v) is 9.51. The van der Waals surface area contributed by atoms with E-state index in [2.05, 4.69) is 10.6 Å². The molecule has 0 radical (unpaired) electrons. The maximum Gasteiger partial charge on any atom is 0.157 e. The Balaban J connectivity index is 1.62. The molecule has 0 amide bonds. The summed E-state index contributed by atoms with van der Waals surface area (Å²) in [6.07, 6.45) is -13.0. The fraction of sp³-hybridized carbons (Fsp3) is 0.667. The molecular weight excluding hydrogens is 404 g/mol. The molecule has 0 saturated carbocycles. The van der Waals surface area contributed by atoms with E-state index in [1.54, 1.807) is 24.3 Å². The molecule has 0 spiro atoms. The van der Waals surface area contributed by atoms with Crippen molar-refractivity contribution < 1.29 is 50.3 Å². The monoisotopic (exact) mass is 432 g/mol. The van der Waals surface area contributed by atoms with Crippen molar-refractivity contribution in [1.29, 1.82) is 0 Å². The molecule has 2 aliphatic rings. The molecule has 2 heterocycles. The highest BCUT2D eigenvalue weighted by molar-refractivity contribution is 5.54. The summed E-state index contributed by atoms with van der Waals surface area (Å²) in [6.45, 7) is -1.07. The molecule has 3 rings (SSSR count). The summed E-state index contributed by atoms with van der Waals surface area (Å²) >= 11 is 0. The lowest BCUT2D eigenvalue weighted by molar-refractivity contribution is -0.221. The summed E-state index contributed by atoms with van der Waals surface area (Å²) in [4.78, 5) is 0. The van der Waals surface area contributed by atoms with E-state index in [9.17, 15) is 40.9 Å². The predicted molar refractivity (Wildman–Crippen MR) is 101 cm³/mol. The van der Waals surface area contributed by atoms with Crippen LogP contribution in [0.15, 0.2) is 24.3 Å². The standard InChI is InChI=1S/C18H28N2O10/c21-5-9-11(23)13(25)15(27)17(29-9)19-7-1-2-8(4-3-7)20-18-16(28)14(26)12(24)10(6-22)30-18/h1-4,9-28H,5-6H2/t9-,10+,11-,12-,13+,14-,15+,16-,17-,18+/m0/s1. The Morgan fingerprint density at radius 3 is 1.20 bits per heavy atom. The maximum atomic E-state index is 10.1. The molecule has 170 valence electrons. The van der Waals surface area contributed by atoms with Crippen LogP contribution in [0.2, 0.25) is 0 Å². The number of aliphatic hydroxyl groups is 8. The van der Waals surface area contributed by atoms with Crippen molar-refractivity contribution in [1.82, 2.24) is 0 Å². The molecule has 2 aliphatic heterocycles. The second-order valence-electron chi connectivity index (χ2n) is 7.36. The number of anilines is 2. The summed E-state index contributed by atoms with van der Waals surface area (Å²) in [5.74, 6) is 0. The Bertz CT molecular complexity index is 618. The van der Waals surface area contributed by atoms with Crippen molar-refractivity contribution in [3.05, 3.63) is 24.3 Å². The molecule has 0 bridgehead atoms. The molecule has 0 unspecified atom stereocenters. The van der Waals surface area contributed by atoms with Crippen LogP contribution in [-0.2, 0) is 9.47 Å². The highest BCUT2D eigenvalue weighted by atomic mass is 16.6. The topological polar surface area (TPSA) is 204 Å². The quantitative estimate of drug-likeness (QED) is 0.210. The van der Waals surface area contributed by atoms with Gasteiger partial charge in [-0.1, -0.05) is 0 Å². The number of rotatable bonds is 6. The lowest BCUT2D eigenvalue weighted by Crippen LogP contribution is -2.60. The van der Waals surface area contributed by atoms with Crippen molar-refractivity contribution in [2.24, 2.45) is 0 Å². The first-order chi connectivity index (χ1) is 14.3. The summed E-state index contributed by atoms with van der Waals surface area (Å²) in [6, 6.07) is 6.36. The summed E-state index contributed by atoms with van der Waals surface area (Å²) in [7, 11) is 0. The number of benzene rings is 1. The summed E-state index contributed by atoms with van der Waals surface area (Å²) in [5, 5.41) is 83.6. The summed E-state index contributed by atoms with van der Waals surface area (Å²) < 4.78 is 10.8. The lowest BCUT2D eigenvalue weighted by Gasteiger charge is -2.40. The first-order valence-electron chi connectivity index (χ1n) is 9.51. The number of hydrogen-bond donors (Lipinski definition) is 10. The minimum Gasteiger partial charge on any atom is -0.394 e. The van der Waals surface area contributed by atoms with E-state index in [1.807, 2.05) is 0 Å². The molecule has 1 aromatic carbocycles. The molecule has 12 heteroatoms. The Hall–Kier alpha value is -1.58. The van der Waals surface area contributed by atoms with Gasteiger partial charge in [0.2, 0.25) is 0 Å². The SMILES string of the molecule is OC[C@@H]1O[C@H](Nc2ccc(N[C@@H]3O[C@H](CO)[C@H](O)[C@H](O)[C@@H]3O)cc2)[C@H](O)[C@H](O)[C@H]1O. The highest BCUT2D eigenvalue weighted by Crippen LogP contribution is 2.26. The molecule has 12 nitrogen and oxygen atoms in total. The van der Waals surface area contributed by atoms with E-state index >= 15 is 0 Å². The van der Waals surface area contributed by atoms with Gasteiger partial charge in [-0.25, -0.2) is 0 Å². The average molecular weight is 432 g/mol. The van der Waals surface area contributed by atoms with Crippen LogP contribution in [-0.4, -0.2) is 115 Å². The third-order valence-corrected chi connectivity index (χ3v) is 5.29. The highest BCUT2D eigenvalue weighted by Gasteiger charge is 2.44. The van der Waals surface area contributed by atoms with Crippen LogP contribution in [0.1, 0.15) is 0 Å². The molecule has 0 aliphatic carbocycles. The fourth-order valence-electron chi connectivity index (χ4n) is 3.43. The lowest BCUT2D eigenvalue weighted by atomic mass is 9.98. The Kier molecular flexibility index (Phi) is 7.47. The van der Waals surface area contributed by atoms with Gasteiger partial charge in [-0.2, -0.15) is 0 Å². The number of nitrogens with one attached hydrogen (secondary N) is 2. The van der Waals surface area contributed by atoms with Crippen LogP contribution in [0.25, 0.3) is 0 Å². The van der Waals surface area contributed by atoms with Crippen LogP contribution in [0.3, 0.4) is 0 Å². The van der Waals surface area contributed by atoms with Crippen molar-refractivity contribution in [3.8, 4) is 0 Å². The molecule has 0 aromatic heterocycles. The second-order valence-corrected chi connectivity index (χ2v) is 7.36. The van der Waals surface area contributed by atoms with E-state index in [0.29, 0.717) is 11.4 Å². The van der Waals surface area contributed by atoms with E-state index < -0.39 is 74.5 Å². The van der Waals surface area contributed by atoms with Gasteiger partial charge in [0, 0.05) is 11.4 Å². The normalized spacial score (nSPS) is 42.0.